The summed E-state index contributed by atoms with van der Waals surface area (Å²) in [5.74, 6) is -4.27. The van der Waals surface area contributed by atoms with Crippen molar-refractivity contribution >= 4 is 18.0 Å². The van der Waals surface area contributed by atoms with Gasteiger partial charge in [0.15, 0.2) is 6.10 Å². The Hall–Kier alpha value is -2.44. The minimum Gasteiger partial charge on any atom is -0.356 e. The van der Waals surface area contributed by atoms with Gasteiger partial charge in [0, 0.05) is 10.6 Å². The number of hydrogen-bond donors (Lipinski definition) is 2. The predicted octanol–water partition coefficient (Wildman–Crippen LogP) is 3.92. The first-order valence-corrected chi connectivity index (χ1v) is 10.2. The van der Waals surface area contributed by atoms with Crippen LogP contribution in [0.15, 0.2) is 91.0 Å². The summed E-state index contributed by atoms with van der Waals surface area (Å²) in [7, 11) is -4.13. The molecular weight excluding hydrogens is 404 g/mol. The Morgan fingerprint density at radius 3 is 1.48 bits per heavy atom. The fourth-order valence-electron chi connectivity index (χ4n) is 2.81. The van der Waals surface area contributed by atoms with E-state index in [4.69, 9.17) is 4.52 Å². The standard InChI is InChI=1S/C21H18F3O4P/c22-21(23,24)20(25,26)19(16-10-4-1-5-11-16)28-29(27,17-12-6-2-7-13-17)18-14-8-3-9-15-18/h1-15,19,25-26H. The fraction of sp³-hybridized carbons (Fsp3) is 0.143. The van der Waals surface area contributed by atoms with Crippen molar-refractivity contribution in [3.05, 3.63) is 96.6 Å². The van der Waals surface area contributed by atoms with Gasteiger partial charge < -0.3 is 14.7 Å². The first-order valence-electron chi connectivity index (χ1n) is 8.62. The third-order valence-corrected chi connectivity index (χ3v) is 6.79. The molecule has 4 nitrogen and oxygen atoms in total. The summed E-state index contributed by atoms with van der Waals surface area (Å²) >= 11 is 0. The average Bonchev–Trinajstić information content (AvgIpc) is 2.73. The van der Waals surface area contributed by atoms with Gasteiger partial charge in [-0.2, -0.15) is 13.2 Å². The first kappa shape index (κ1) is 21.3. The van der Waals surface area contributed by atoms with Crippen LogP contribution in [0.5, 0.6) is 0 Å². The van der Waals surface area contributed by atoms with Crippen LogP contribution in [0.4, 0.5) is 13.2 Å². The van der Waals surface area contributed by atoms with Crippen LogP contribution in [0.3, 0.4) is 0 Å². The van der Waals surface area contributed by atoms with Crippen LogP contribution >= 0.6 is 7.37 Å². The van der Waals surface area contributed by atoms with Crippen molar-refractivity contribution in [2.45, 2.75) is 18.1 Å². The topological polar surface area (TPSA) is 66.8 Å². The van der Waals surface area contributed by atoms with Crippen LogP contribution in [0.1, 0.15) is 11.7 Å². The van der Waals surface area contributed by atoms with Gasteiger partial charge in [-0.25, -0.2) is 0 Å². The summed E-state index contributed by atoms with van der Waals surface area (Å²) in [6.45, 7) is 0. The molecule has 0 fully saturated rings. The minimum absolute atomic E-state index is 0.130. The second kappa shape index (κ2) is 8.13. The Balaban J connectivity index is 2.18. The number of rotatable bonds is 6. The van der Waals surface area contributed by atoms with Gasteiger partial charge >= 0.3 is 6.18 Å². The molecule has 1 unspecified atom stereocenters. The molecule has 0 aliphatic heterocycles. The van der Waals surface area contributed by atoms with E-state index in [1.54, 1.807) is 42.5 Å². The predicted molar refractivity (Wildman–Crippen MR) is 103 cm³/mol. The van der Waals surface area contributed by atoms with E-state index in [2.05, 4.69) is 0 Å². The average molecular weight is 422 g/mol. The van der Waals surface area contributed by atoms with Gasteiger partial charge in [0.1, 0.15) is 0 Å². The number of halogens is 3. The monoisotopic (exact) mass is 422 g/mol. The summed E-state index contributed by atoms with van der Waals surface area (Å²) in [5.41, 5.74) is -0.179. The fourth-order valence-corrected chi connectivity index (χ4v) is 5.05. The zero-order chi connectivity index (χ0) is 21.1. The van der Waals surface area contributed by atoms with Gasteiger partial charge in [-0.1, -0.05) is 66.7 Å². The molecule has 0 spiro atoms. The molecule has 0 amide bonds. The zero-order valence-electron chi connectivity index (χ0n) is 15.0. The molecule has 0 heterocycles. The molecule has 29 heavy (non-hydrogen) atoms. The summed E-state index contributed by atoms with van der Waals surface area (Å²) in [6.07, 6.45) is -7.80. The van der Waals surface area contributed by atoms with Gasteiger partial charge in [-0.05, 0) is 29.8 Å². The van der Waals surface area contributed by atoms with E-state index < -0.39 is 25.4 Å². The molecule has 0 aliphatic rings. The van der Waals surface area contributed by atoms with Gasteiger partial charge in [-0.15, -0.1) is 0 Å². The number of aliphatic hydroxyl groups is 2. The van der Waals surface area contributed by atoms with Gasteiger partial charge in [0.25, 0.3) is 13.2 Å². The van der Waals surface area contributed by atoms with Crippen molar-refractivity contribution in [2.24, 2.45) is 0 Å². The van der Waals surface area contributed by atoms with Crippen LogP contribution in [0, 0.1) is 0 Å². The summed E-state index contributed by atoms with van der Waals surface area (Å²) in [6, 6.07) is 22.3. The molecule has 0 bridgehead atoms. The number of benzene rings is 3. The molecule has 2 N–H and O–H groups in total. The van der Waals surface area contributed by atoms with Crippen LogP contribution < -0.4 is 10.6 Å². The molecule has 0 saturated carbocycles. The number of alkyl halides is 3. The molecule has 3 aromatic rings. The Morgan fingerprint density at radius 2 is 1.10 bits per heavy atom. The lowest BCUT2D eigenvalue weighted by atomic mass is 10.0. The molecule has 152 valence electrons. The smallest absolute Gasteiger partial charge is 0.356 e. The van der Waals surface area contributed by atoms with Gasteiger partial charge in [-0.3, -0.25) is 4.57 Å². The normalized spacial score (nSPS) is 13.8. The van der Waals surface area contributed by atoms with E-state index in [0.717, 1.165) is 0 Å². The lowest BCUT2D eigenvalue weighted by Gasteiger charge is -2.35. The van der Waals surface area contributed by atoms with Crippen molar-refractivity contribution in [1.82, 2.24) is 0 Å². The molecule has 8 heteroatoms. The maximum absolute atomic E-state index is 14.0. The molecule has 0 aromatic heterocycles. The SMILES string of the molecule is O=P(OC(c1ccccc1)C(O)(O)C(F)(F)F)(c1ccccc1)c1ccccc1. The minimum atomic E-state index is -5.45. The molecular formula is C21H18F3O4P. The summed E-state index contributed by atoms with van der Waals surface area (Å²) in [5, 5.41) is 20.3. The van der Waals surface area contributed by atoms with Gasteiger partial charge in [0.05, 0.1) is 0 Å². The molecule has 0 radical (unpaired) electrons. The highest BCUT2D eigenvalue weighted by molar-refractivity contribution is 7.74. The Morgan fingerprint density at radius 1 is 0.724 bits per heavy atom. The Labute approximate surface area is 165 Å². The Kier molecular flexibility index (Phi) is 5.96. The third-order valence-electron chi connectivity index (χ3n) is 4.33. The van der Waals surface area contributed by atoms with Gasteiger partial charge in [0.2, 0.25) is 0 Å². The Bertz CT molecular complexity index is 934. The van der Waals surface area contributed by atoms with E-state index in [-0.39, 0.29) is 16.2 Å². The van der Waals surface area contributed by atoms with Crippen LogP contribution in [0.25, 0.3) is 0 Å². The van der Waals surface area contributed by atoms with Crippen molar-refractivity contribution < 1.29 is 32.5 Å². The van der Waals surface area contributed by atoms with Crippen LogP contribution in [-0.2, 0) is 9.09 Å². The third kappa shape index (κ3) is 4.28. The van der Waals surface area contributed by atoms with E-state index in [9.17, 15) is 27.9 Å². The summed E-state index contributed by atoms with van der Waals surface area (Å²) in [4.78, 5) is 0. The van der Waals surface area contributed by atoms with Crippen LogP contribution in [-0.4, -0.2) is 22.2 Å². The highest BCUT2D eigenvalue weighted by atomic mass is 31.2. The van der Waals surface area contributed by atoms with Crippen molar-refractivity contribution in [3.8, 4) is 0 Å². The second-order valence-electron chi connectivity index (χ2n) is 6.34. The van der Waals surface area contributed by atoms with Crippen LogP contribution in [0.2, 0.25) is 0 Å². The zero-order valence-corrected chi connectivity index (χ0v) is 15.9. The molecule has 1 atom stereocenters. The maximum atomic E-state index is 14.0. The lowest BCUT2D eigenvalue weighted by molar-refractivity contribution is -0.376. The largest absolute Gasteiger partial charge is 0.446 e. The maximum Gasteiger partial charge on any atom is 0.446 e. The first-order chi connectivity index (χ1) is 13.7. The second-order valence-corrected chi connectivity index (χ2v) is 8.69. The summed E-state index contributed by atoms with van der Waals surface area (Å²) < 4.78 is 59.9. The van der Waals surface area contributed by atoms with Crippen molar-refractivity contribution in [3.63, 3.8) is 0 Å². The quantitative estimate of drug-likeness (QED) is 0.467. The number of hydrogen-bond acceptors (Lipinski definition) is 4. The van der Waals surface area contributed by atoms with E-state index in [1.807, 2.05) is 0 Å². The van der Waals surface area contributed by atoms with E-state index in [0.29, 0.717) is 0 Å². The van der Waals surface area contributed by atoms with Crippen molar-refractivity contribution in [2.75, 3.05) is 0 Å². The molecule has 3 rings (SSSR count). The molecule has 0 aliphatic carbocycles. The molecule has 0 saturated heterocycles. The lowest BCUT2D eigenvalue weighted by Crippen LogP contribution is -2.51. The van der Waals surface area contributed by atoms with Crippen molar-refractivity contribution in [1.29, 1.82) is 0 Å². The highest BCUT2D eigenvalue weighted by Gasteiger charge is 2.60. The van der Waals surface area contributed by atoms with E-state index >= 15 is 0 Å². The van der Waals surface area contributed by atoms with E-state index in [1.165, 1.54) is 48.5 Å². The highest BCUT2D eigenvalue weighted by Crippen LogP contribution is 2.53. The molecule has 3 aromatic carbocycles.